The molecule has 3 N–H and O–H groups in total. The van der Waals surface area contributed by atoms with Gasteiger partial charge in [-0.25, -0.2) is 0 Å². The molecule has 1 fully saturated rings. The molecule has 0 atom stereocenters. The molecule has 0 aromatic carbocycles. The van der Waals surface area contributed by atoms with Crippen molar-refractivity contribution in [3.05, 3.63) is 0 Å². The molecule has 0 aromatic rings. The molecule has 1 heterocycles. The molecule has 0 aliphatic carbocycles. The summed E-state index contributed by atoms with van der Waals surface area (Å²) in [5.74, 6) is -0.0185. The predicted molar refractivity (Wildman–Crippen MR) is 62.4 cm³/mol. The maximum absolute atomic E-state index is 10.6. The van der Waals surface area contributed by atoms with E-state index in [1.54, 1.807) is 0 Å². The number of likely N-dealkylation sites (N-methyl/N-ethyl adjacent to an activating group) is 1. The van der Waals surface area contributed by atoms with Crippen LogP contribution in [-0.4, -0.2) is 54.1 Å². The second-order valence-corrected chi connectivity index (χ2v) is 5.07. The number of primary amides is 1. The van der Waals surface area contributed by atoms with Crippen LogP contribution < -0.4 is 10.6 Å². The van der Waals surface area contributed by atoms with Crippen LogP contribution in [0.1, 0.15) is 0 Å². The molecule has 6 heteroatoms. The number of hydrogen-bond acceptors (Lipinski definition) is 3. The normalized spacial score (nSPS) is 18.2. The Morgan fingerprint density at radius 2 is 2.14 bits per heavy atom. The third-order valence-electron chi connectivity index (χ3n) is 2.21. The topological polar surface area (TPSA) is 50.8 Å². The molecule has 1 rings (SSSR count). The van der Waals surface area contributed by atoms with Crippen LogP contribution in [-0.2, 0) is 4.79 Å². The molecular weight excluding hydrogens is 218 g/mol. The first-order chi connectivity index (χ1) is 6.59. The van der Waals surface area contributed by atoms with Gasteiger partial charge in [0.05, 0.1) is 39.0 Å². The Labute approximate surface area is 93.8 Å². The summed E-state index contributed by atoms with van der Waals surface area (Å²) in [6, 6.07) is 0. The number of nitrogens with one attached hydrogen (secondary N) is 1. The summed E-state index contributed by atoms with van der Waals surface area (Å²) in [4.78, 5) is 14.2. The number of hydrogen-bond donors (Lipinski definition) is 2. The third kappa shape index (κ3) is 3.81. The minimum absolute atomic E-state index is 0.290. The van der Waals surface area contributed by atoms with Gasteiger partial charge < -0.3 is 15.5 Å². The molecule has 4 nitrogen and oxygen atoms in total. The van der Waals surface area contributed by atoms with E-state index in [0.29, 0.717) is 0 Å². The second kappa shape index (κ2) is 5.53. The van der Waals surface area contributed by atoms with Gasteiger partial charge in [-0.15, -0.1) is 0 Å². The Morgan fingerprint density at radius 1 is 1.57 bits per heavy atom. The minimum atomic E-state index is -0.308. The van der Waals surface area contributed by atoms with E-state index in [-0.39, 0.29) is 11.7 Å². The van der Waals surface area contributed by atoms with Gasteiger partial charge in [-0.2, -0.15) is 0 Å². The van der Waals surface area contributed by atoms with Crippen LogP contribution >= 0.6 is 24.0 Å². The summed E-state index contributed by atoms with van der Waals surface area (Å²) in [5, 5.41) is 0. The Balaban J connectivity index is 2.27. The first-order valence-electron chi connectivity index (χ1n) is 4.61. The van der Waals surface area contributed by atoms with Gasteiger partial charge in [0, 0.05) is 0 Å². The summed E-state index contributed by atoms with van der Waals surface area (Å²) in [6.07, 6.45) is 0. The zero-order chi connectivity index (χ0) is 10.6. The average Bonchev–Trinajstić information content (AvgIpc) is 2.15. The van der Waals surface area contributed by atoms with Crippen LogP contribution in [0.2, 0.25) is 0 Å². The molecule has 14 heavy (non-hydrogen) atoms. The van der Waals surface area contributed by atoms with Gasteiger partial charge in [0.25, 0.3) is 0 Å². The lowest BCUT2D eigenvalue weighted by Gasteiger charge is -2.31. The summed E-state index contributed by atoms with van der Waals surface area (Å²) in [7, 11) is 2.18. The highest BCUT2D eigenvalue weighted by Crippen LogP contribution is 2.08. The first kappa shape index (κ1) is 11.7. The standard InChI is InChI=1S/C8H15N3OS2/c1-10-2-4-11(5-3-10)8(13)14-6-7(9)12/h2-6H2,1H3,(H2,9,12)/p+1. The first-order valence-corrected chi connectivity index (χ1v) is 6.00. The third-order valence-corrected chi connectivity index (χ3v) is 3.76. The fourth-order valence-electron chi connectivity index (χ4n) is 1.30. The molecule has 80 valence electrons. The molecule has 0 spiro atoms. The molecule has 0 unspecified atom stereocenters. The van der Waals surface area contributed by atoms with Crippen molar-refractivity contribution in [2.45, 2.75) is 0 Å². The SMILES string of the molecule is C[NH+]1CCN(C(=S)SCC(N)=O)CC1. The highest BCUT2D eigenvalue weighted by atomic mass is 32.2. The molecule has 0 aromatic heterocycles. The number of nitrogens with zero attached hydrogens (tertiary/aromatic N) is 1. The van der Waals surface area contributed by atoms with Gasteiger partial charge in [-0.05, 0) is 0 Å². The molecule has 1 saturated heterocycles. The van der Waals surface area contributed by atoms with Crippen molar-refractivity contribution in [1.82, 2.24) is 4.90 Å². The van der Waals surface area contributed by atoms with Gasteiger partial charge in [0.1, 0.15) is 4.32 Å². The number of nitrogens with two attached hydrogens (primary N) is 1. The van der Waals surface area contributed by atoms with E-state index >= 15 is 0 Å². The Bertz CT molecular complexity index is 227. The lowest BCUT2D eigenvalue weighted by molar-refractivity contribution is -0.883. The van der Waals surface area contributed by atoms with E-state index in [1.165, 1.54) is 16.7 Å². The van der Waals surface area contributed by atoms with Crippen LogP contribution in [0, 0.1) is 0 Å². The quantitative estimate of drug-likeness (QED) is 0.561. The van der Waals surface area contributed by atoms with Crippen LogP contribution in [0.15, 0.2) is 0 Å². The van der Waals surface area contributed by atoms with Gasteiger partial charge in [-0.3, -0.25) is 4.79 Å². The van der Waals surface area contributed by atoms with Gasteiger partial charge in [-0.1, -0.05) is 24.0 Å². The van der Waals surface area contributed by atoms with Crippen LogP contribution in [0.3, 0.4) is 0 Å². The lowest BCUT2D eigenvalue weighted by Crippen LogP contribution is -3.12. The van der Waals surface area contributed by atoms with E-state index in [0.717, 1.165) is 30.5 Å². The van der Waals surface area contributed by atoms with Gasteiger partial charge in [0.15, 0.2) is 0 Å². The summed E-state index contributed by atoms with van der Waals surface area (Å²) < 4.78 is 0.802. The van der Waals surface area contributed by atoms with Gasteiger partial charge in [0.2, 0.25) is 5.91 Å². The highest BCUT2D eigenvalue weighted by molar-refractivity contribution is 8.23. The Hall–Kier alpha value is -0.330. The molecule has 0 bridgehead atoms. The smallest absolute Gasteiger partial charge is 0.227 e. The summed E-state index contributed by atoms with van der Waals surface area (Å²) in [6.45, 7) is 4.18. The van der Waals surface area contributed by atoms with Crippen molar-refractivity contribution in [2.75, 3.05) is 39.0 Å². The average molecular weight is 234 g/mol. The molecular formula is C8H16N3OS2+. The monoisotopic (exact) mass is 234 g/mol. The van der Waals surface area contributed by atoms with Crippen LogP contribution in [0.25, 0.3) is 0 Å². The zero-order valence-electron chi connectivity index (χ0n) is 8.28. The number of thiocarbonyl (C=S) groups is 1. The molecule has 1 aliphatic rings. The summed E-state index contributed by atoms with van der Waals surface area (Å²) >= 11 is 6.57. The summed E-state index contributed by atoms with van der Waals surface area (Å²) in [5.41, 5.74) is 5.05. The maximum Gasteiger partial charge on any atom is 0.227 e. The Kier molecular flexibility index (Phi) is 4.64. The highest BCUT2D eigenvalue weighted by Gasteiger charge is 2.19. The van der Waals surface area contributed by atoms with Crippen molar-refractivity contribution in [3.8, 4) is 0 Å². The Morgan fingerprint density at radius 3 is 2.64 bits per heavy atom. The van der Waals surface area contributed by atoms with E-state index in [2.05, 4.69) is 11.9 Å². The van der Waals surface area contributed by atoms with Crippen molar-refractivity contribution >= 4 is 34.2 Å². The number of carbonyl (C=O) groups excluding carboxylic acids is 1. The number of quaternary nitrogens is 1. The van der Waals surface area contributed by atoms with E-state index < -0.39 is 0 Å². The number of piperazine rings is 1. The van der Waals surface area contributed by atoms with Crippen molar-refractivity contribution in [1.29, 1.82) is 0 Å². The van der Waals surface area contributed by atoms with Crippen LogP contribution in [0.5, 0.6) is 0 Å². The van der Waals surface area contributed by atoms with Gasteiger partial charge >= 0.3 is 0 Å². The fraction of sp³-hybridized carbons (Fsp3) is 0.750. The molecule has 1 amide bonds. The number of rotatable bonds is 2. The van der Waals surface area contributed by atoms with Crippen molar-refractivity contribution in [2.24, 2.45) is 5.73 Å². The number of amides is 1. The number of thioether (sulfide) groups is 1. The predicted octanol–water partition coefficient (Wildman–Crippen LogP) is -1.68. The van der Waals surface area contributed by atoms with Crippen LogP contribution in [0.4, 0.5) is 0 Å². The molecule has 0 radical (unpaired) electrons. The van der Waals surface area contributed by atoms with E-state index in [1.807, 2.05) is 0 Å². The minimum Gasteiger partial charge on any atom is -0.369 e. The molecule has 1 aliphatic heterocycles. The lowest BCUT2D eigenvalue weighted by atomic mass is 10.4. The van der Waals surface area contributed by atoms with Crippen molar-refractivity contribution in [3.63, 3.8) is 0 Å². The van der Waals surface area contributed by atoms with E-state index in [9.17, 15) is 4.79 Å². The zero-order valence-corrected chi connectivity index (χ0v) is 9.92. The second-order valence-electron chi connectivity index (χ2n) is 3.47. The fourth-order valence-corrected chi connectivity index (χ4v) is 2.29. The maximum atomic E-state index is 10.6. The van der Waals surface area contributed by atoms with E-state index in [4.69, 9.17) is 18.0 Å². The number of carbonyl (C=O) groups is 1. The largest absolute Gasteiger partial charge is 0.369 e. The van der Waals surface area contributed by atoms with Crippen molar-refractivity contribution < 1.29 is 9.69 Å². The molecule has 0 saturated carbocycles.